The quantitative estimate of drug-likeness (QED) is 0.642. The Kier molecular flexibility index (Phi) is 5.58. The first-order valence-corrected chi connectivity index (χ1v) is 13.0. The Morgan fingerprint density at radius 2 is 1.51 bits per heavy atom. The number of anilines is 1. The second-order valence-corrected chi connectivity index (χ2v) is 10.7. The fourth-order valence-electron chi connectivity index (χ4n) is 6.82. The van der Waals surface area contributed by atoms with E-state index < -0.39 is 23.8 Å². The molecule has 2 aromatic rings. The highest BCUT2D eigenvalue weighted by Gasteiger charge is 2.42. The molecule has 2 heterocycles. The number of nitrogens with zero attached hydrogens (tertiary/aromatic N) is 1. The van der Waals surface area contributed by atoms with Gasteiger partial charge in [0.25, 0.3) is 11.8 Å². The van der Waals surface area contributed by atoms with Gasteiger partial charge in [-0.25, -0.2) is 0 Å². The van der Waals surface area contributed by atoms with E-state index in [1.165, 1.54) is 38.5 Å². The molecule has 0 radical (unpaired) electrons. The number of benzene rings is 2. The Labute approximate surface area is 204 Å². The van der Waals surface area contributed by atoms with Crippen molar-refractivity contribution in [1.82, 2.24) is 10.2 Å². The Hall–Kier alpha value is -3.22. The number of amides is 4. The standard InChI is InChI=1S/C28H31N3O4/c32-24-13-12-23(26(33)30-24)31-27(34)21-7-3-6-18-14-20(15-22(25(18)21)28(31)35)29-19-10-8-17(9-11-19)16-4-1-2-5-16/h3,6-7,14-17,19,23,29H,1-2,4-5,8-13H2,(H,30,32,33). The average molecular weight is 474 g/mol. The third-order valence-electron chi connectivity index (χ3n) is 8.61. The SMILES string of the molecule is O=C1CCC(N2C(=O)c3cccc4cc(NC5CCC(C6CCCC6)CC5)cc(c34)C2=O)C(=O)N1. The molecule has 0 aromatic heterocycles. The molecule has 0 bridgehead atoms. The molecule has 6 rings (SSSR count). The Morgan fingerprint density at radius 1 is 0.800 bits per heavy atom. The van der Waals surface area contributed by atoms with Gasteiger partial charge in [0, 0.05) is 29.1 Å². The molecule has 4 aliphatic rings. The number of rotatable bonds is 4. The fraction of sp³-hybridized carbons (Fsp3) is 0.500. The predicted molar refractivity (Wildman–Crippen MR) is 132 cm³/mol. The first-order chi connectivity index (χ1) is 17.0. The van der Waals surface area contributed by atoms with E-state index in [0.717, 1.165) is 40.7 Å². The molecule has 7 heteroatoms. The third kappa shape index (κ3) is 3.91. The molecule has 1 atom stereocenters. The zero-order chi connectivity index (χ0) is 24.1. The van der Waals surface area contributed by atoms with Crippen LogP contribution in [0.3, 0.4) is 0 Å². The topological polar surface area (TPSA) is 95.6 Å². The summed E-state index contributed by atoms with van der Waals surface area (Å²) in [6.07, 6.45) is 10.6. The van der Waals surface area contributed by atoms with Crippen LogP contribution in [0.5, 0.6) is 0 Å². The van der Waals surface area contributed by atoms with E-state index in [2.05, 4.69) is 10.6 Å². The van der Waals surface area contributed by atoms with Gasteiger partial charge in [-0.1, -0.05) is 37.8 Å². The summed E-state index contributed by atoms with van der Waals surface area (Å²) in [6, 6.07) is 8.69. The lowest BCUT2D eigenvalue weighted by atomic mass is 9.77. The molecule has 35 heavy (non-hydrogen) atoms. The smallest absolute Gasteiger partial charge is 0.262 e. The van der Waals surface area contributed by atoms with Crippen LogP contribution in [-0.4, -0.2) is 40.6 Å². The number of imide groups is 2. The summed E-state index contributed by atoms with van der Waals surface area (Å²) in [5.74, 6) is -0.152. The minimum absolute atomic E-state index is 0.107. The van der Waals surface area contributed by atoms with Crippen molar-refractivity contribution in [2.75, 3.05) is 5.32 Å². The molecule has 2 aliphatic heterocycles. The predicted octanol–water partition coefficient (Wildman–Crippen LogP) is 4.40. The molecule has 2 N–H and O–H groups in total. The molecule has 182 valence electrons. The summed E-state index contributed by atoms with van der Waals surface area (Å²) in [5.41, 5.74) is 1.73. The van der Waals surface area contributed by atoms with Gasteiger partial charge in [-0.3, -0.25) is 29.4 Å². The molecule has 4 amide bonds. The monoisotopic (exact) mass is 473 g/mol. The van der Waals surface area contributed by atoms with Crippen molar-refractivity contribution in [3.8, 4) is 0 Å². The van der Waals surface area contributed by atoms with Gasteiger partial charge < -0.3 is 5.32 Å². The van der Waals surface area contributed by atoms with Crippen molar-refractivity contribution in [3.63, 3.8) is 0 Å². The van der Waals surface area contributed by atoms with Crippen molar-refractivity contribution in [2.24, 2.45) is 11.8 Å². The third-order valence-corrected chi connectivity index (χ3v) is 8.61. The number of nitrogens with one attached hydrogen (secondary N) is 2. The maximum atomic E-state index is 13.6. The van der Waals surface area contributed by atoms with Crippen molar-refractivity contribution in [2.45, 2.75) is 76.3 Å². The van der Waals surface area contributed by atoms with Gasteiger partial charge in [0.2, 0.25) is 11.8 Å². The minimum atomic E-state index is -0.974. The maximum Gasteiger partial charge on any atom is 0.262 e. The van der Waals surface area contributed by atoms with Gasteiger partial charge in [0.15, 0.2) is 0 Å². The summed E-state index contributed by atoms with van der Waals surface area (Å²) < 4.78 is 0. The fourth-order valence-corrected chi connectivity index (χ4v) is 6.82. The molecular weight excluding hydrogens is 442 g/mol. The van der Waals surface area contributed by atoms with E-state index in [1.807, 2.05) is 24.3 Å². The van der Waals surface area contributed by atoms with Crippen LogP contribution in [0, 0.1) is 11.8 Å². The van der Waals surface area contributed by atoms with Gasteiger partial charge in [-0.05, 0) is 67.5 Å². The van der Waals surface area contributed by atoms with E-state index in [0.29, 0.717) is 22.6 Å². The molecule has 1 unspecified atom stereocenters. The van der Waals surface area contributed by atoms with E-state index in [-0.39, 0.29) is 18.7 Å². The van der Waals surface area contributed by atoms with Crippen LogP contribution in [0.4, 0.5) is 5.69 Å². The molecule has 2 aromatic carbocycles. The molecule has 1 saturated heterocycles. The van der Waals surface area contributed by atoms with Crippen molar-refractivity contribution in [3.05, 3.63) is 41.5 Å². The average Bonchev–Trinajstić information content (AvgIpc) is 3.39. The molecular formula is C28H31N3O4. The summed E-state index contributed by atoms with van der Waals surface area (Å²) in [6.45, 7) is 0. The first-order valence-electron chi connectivity index (χ1n) is 13.0. The molecule has 2 saturated carbocycles. The van der Waals surface area contributed by atoms with Gasteiger partial charge >= 0.3 is 0 Å². The van der Waals surface area contributed by atoms with Gasteiger partial charge in [0.1, 0.15) is 6.04 Å². The van der Waals surface area contributed by atoms with Crippen LogP contribution < -0.4 is 10.6 Å². The Bertz CT molecular complexity index is 1220. The maximum absolute atomic E-state index is 13.6. The summed E-state index contributed by atoms with van der Waals surface area (Å²) in [7, 11) is 0. The number of carbonyl (C=O) groups excluding carboxylic acids is 4. The molecule has 7 nitrogen and oxygen atoms in total. The van der Waals surface area contributed by atoms with Gasteiger partial charge in [-0.15, -0.1) is 0 Å². The summed E-state index contributed by atoms with van der Waals surface area (Å²) in [5, 5.41) is 7.41. The number of hydrogen-bond donors (Lipinski definition) is 2. The Morgan fingerprint density at radius 3 is 2.26 bits per heavy atom. The van der Waals surface area contributed by atoms with Crippen LogP contribution in [-0.2, 0) is 9.59 Å². The lowest BCUT2D eigenvalue weighted by Crippen LogP contribution is -2.57. The van der Waals surface area contributed by atoms with Crippen LogP contribution in [0.1, 0.15) is 84.9 Å². The van der Waals surface area contributed by atoms with Crippen LogP contribution in [0.15, 0.2) is 30.3 Å². The molecule has 0 spiro atoms. The second kappa shape index (κ2) is 8.77. The zero-order valence-corrected chi connectivity index (χ0v) is 19.8. The van der Waals surface area contributed by atoms with E-state index in [1.54, 1.807) is 6.07 Å². The second-order valence-electron chi connectivity index (χ2n) is 10.7. The van der Waals surface area contributed by atoms with Crippen LogP contribution in [0.2, 0.25) is 0 Å². The number of piperidine rings is 1. The normalized spacial score (nSPS) is 27.4. The van der Waals surface area contributed by atoms with Crippen molar-refractivity contribution >= 4 is 40.1 Å². The number of hydrogen-bond acceptors (Lipinski definition) is 5. The summed E-state index contributed by atoms with van der Waals surface area (Å²) in [4.78, 5) is 52.1. The first kappa shape index (κ1) is 22.3. The largest absolute Gasteiger partial charge is 0.382 e. The van der Waals surface area contributed by atoms with E-state index >= 15 is 0 Å². The Balaban J connectivity index is 1.27. The molecule has 2 aliphatic carbocycles. The van der Waals surface area contributed by atoms with Crippen molar-refractivity contribution in [1.29, 1.82) is 0 Å². The van der Waals surface area contributed by atoms with Gasteiger partial charge in [0.05, 0.1) is 5.56 Å². The van der Waals surface area contributed by atoms with Gasteiger partial charge in [-0.2, -0.15) is 0 Å². The van der Waals surface area contributed by atoms with E-state index in [4.69, 9.17) is 0 Å². The highest BCUT2D eigenvalue weighted by molar-refractivity contribution is 6.27. The van der Waals surface area contributed by atoms with Crippen LogP contribution in [0.25, 0.3) is 10.8 Å². The zero-order valence-electron chi connectivity index (χ0n) is 19.8. The summed E-state index contributed by atoms with van der Waals surface area (Å²) >= 11 is 0. The molecule has 3 fully saturated rings. The number of carbonyl (C=O) groups is 4. The van der Waals surface area contributed by atoms with Crippen molar-refractivity contribution < 1.29 is 19.2 Å². The lowest BCUT2D eigenvalue weighted by Gasteiger charge is -2.35. The minimum Gasteiger partial charge on any atom is -0.382 e. The van der Waals surface area contributed by atoms with E-state index in [9.17, 15) is 19.2 Å². The highest BCUT2D eigenvalue weighted by Crippen LogP contribution is 2.40. The van der Waals surface area contributed by atoms with Crippen LogP contribution >= 0.6 is 0 Å². The highest BCUT2D eigenvalue weighted by atomic mass is 16.2. The lowest BCUT2D eigenvalue weighted by molar-refractivity contribution is -0.136.